The second-order valence-corrected chi connectivity index (χ2v) is 5.99. The summed E-state index contributed by atoms with van der Waals surface area (Å²) in [6.45, 7) is 0.723. The SMILES string of the molecule is CN(Cc1cc(Br)cs1)c1ncc(/C=C/C(=O)O)cn1. The van der Waals surface area contributed by atoms with Gasteiger partial charge >= 0.3 is 5.97 Å². The Kier molecular flexibility index (Phi) is 4.86. The highest BCUT2D eigenvalue weighted by molar-refractivity contribution is 9.10. The average Bonchev–Trinajstić information content (AvgIpc) is 2.82. The van der Waals surface area contributed by atoms with Crippen LogP contribution in [0.4, 0.5) is 5.95 Å². The van der Waals surface area contributed by atoms with Crippen LogP contribution < -0.4 is 4.90 Å². The van der Waals surface area contributed by atoms with Gasteiger partial charge in [0.05, 0.1) is 6.54 Å². The zero-order valence-electron chi connectivity index (χ0n) is 10.7. The van der Waals surface area contributed by atoms with E-state index in [1.165, 1.54) is 11.0 Å². The van der Waals surface area contributed by atoms with Crippen LogP contribution in [0.1, 0.15) is 10.4 Å². The van der Waals surface area contributed by atoms with E-state index in [9.17, 15) is 4.79 Å². The molecule has 0 fully saturated rings. The maximum Gasteiger partial charge on any atom is 0.328 e. The molecule has 0 bridgehead atoms. The maximum atomic E-state index is 10.4. The Morgan fingerprint density at radius 2 is 2.20 bits per heavy atom. The number of carboxylic acids is 1. The quantitative estimate of drug-likeness (QED) is 0.836. The van der Waals surface area contributed by atoms with Crippen molar-refractivity contribution in [2.45, 2.75) is 6.54 Å². The van der Waals surface area contributed by atoms with Gasteiger partial charge in [0.15, 0.2) is 0 Å². The molecule has 0 aliphatic carbocycles. The lowest BCUT2D eigenvalue weighted by Gasteiger charge is -2.15. The highest BCUT2D eigenvalue weighted by Gasteiger charge is 2.06. The monoisotopic (exact) mass is 353 g/mol. The molecule has 0 atom stereocenters. The van der Waals surface area contributed by atoms with Crippen molar-refractivity contribution in [2.75, 3.05) is 11.9 Å². The van der Waals surface area contributed by atoms with Crippen molar-refractivity contribution in [3.8, 4) is 0 Å². The Morgan fingerprint density at radius 1 is 1.50 bits per heavy atom. The third-order valence-corrected chi connectivity index (χ3v) is 4.12. The van der Waals surface area contributed by atoms with Gasteiger partial charge in [0.2, 0.25) is 5.95 Å². The van der Waals surface area contributed by atoms with Crippen molar-refractivity contribution >= 4 is 45.3 Å². The second-order valence-electron chi connectivity index (χ2n) is 4.08. The molecule has 0 amide bonds. The van der Waals surface area contributed by atoms with Crippen LogP contribution in [0.3, 0.4) is 0 Å². The number of nitrogens with zero attached hydrogens (tertiary/aromatic N) is 3. The summed E-state index contributed by atoms with van der Waals surface area (Å²) in [5.74, 6) is -0.392. The summed E-state index contributed by atoms with van der Waals surface area (Å²) in [5, 5.41) is 10.6. The van der Waals surface area contributed by atoms with E-state index in [2.05, 4.69) is 32.0 Å². The van der Waals surface area contributed by atoms with Gasteiger partial charge in [-0.15, -0.1) is 11.3 Å². The van der Waals surface area contributed by atoms with Crippen LogP contribution in [-0.4, -0.2) is 28.1 Å². The Morgan fingerprint density at radius 3 is 2.75 bits per heavy atom. The molecule has 20 heavy (non-hydrogen) atoms. The average molecular weight is 354 g/mol. The molecule has 0 unspecified atom stereocenters. The number of hydrogen-bond acceptors (Lipinski definition) is 5. The Balaban J connectivity index is 2.03. The van der Waals surface area contributed by atoms with Crippen LogP contribution in [0.15, 0.2) is 34.4 Å². The van der Waals surface area contributed by atoms with Gasteiger partial charge in [-0.2, -0.15) is 0 Å². The number of aliphatic carboxylic acids is 1. The van der Waals surface area contributed by atoms with Crippen LogP contribution in [-0.2, 0) is 11.3 Å². The third kappa shape index (κ3) is 4.14. The number of rotatable bonds is 5. The lowest BCUT2D eigenvalue weighted by molar-refractivity contribution is -0.131. The van der Waals surface area contributed by atoms with E-state index in [1.54, 1.807) is 23.7 Å². The molecule has 0 aromatic carbocycles. The minimum atomic E-state index is -0.991. The predicted molar refractivity (Wildman–Crippen MR) is 82.8 cm³/mol. The van der Waals surface area contributed by atoms with Crippen LogP contribution in [0.2, 0.25) is 0 Å². The lowest BCUT2D eigenvalue weighted by atomic mass is 10.3. The predicted octanol–water partition coefficient (Wildman–Crippen LogP) is 3.03. The van der Waals surface area contributed by atoms with Gasteiger partial charge in [-0.05, 0) is 28.1 Å². The molecule has 2 heterocycles. The standard InChI is InChI=1S/C13H12BrN3O2S/c1-17(7-11-4-10(14)8-20-11)13-15-5-9(6-16-13)2-3-12(18)19/h2-6,8H,7H2,1H3,(H,18,19)/b3-2+. The van der Waals surface area contributed by atoms with Gasteiger partial charge in [-0.1, -0.05) is 0 Å². The van der Waals surface area contributed by atoms with E-state index in [1.807, 2.05) is 17.3 Å². The number of carboxylic acid groups (broad SMARTS) is 1. The van der Waals surface area contributed by atoms with E-state index in [0.29, 0.717) is 11.5 Å². The van der Waals surface area contributed by atoms with E-state index in [-0.39, 0.29) is 0 Å². The fourth-order valence-electron chi connectivity index (χ4n) is 1.52. The minimum Gasteiger partial charge on any atom is -0.478 e. The van der Waals surface area contributed by atoms with Crippen molar-refractivity contribution < 1.29 is 9.90 Å². The molecule has 0 spiro atoms. The number of anilines is 1. The summed E-state index contributed by atoms with van der Waals surface area (Å²) < 4.78 is 1.07. The van der Waals surface area contributed by atoms with Gasteiger partial charge in [-0.25, -0.2) is 14.8 Å². The zero-order valence-corrected chi connectivity index (χ0v) is 13.1. The Labute approximate surface area is 128 Å². The first-order valence-electron chi connectivity index (χ1n) is 5.71. The van der Waals surface area contributed by atoms with Gasteiger partial charge in [0.25, 0.3) is 0 Å². The summed E-state index contributed by atoms with van der Waals surface area (Å²) >= 11 is 5.09. The van der Waals surface area contributed by atoms with Crippen molar-refractivity contribution in [3.63, 3.8) is 0 Å². The van der Waals surface area contributed by atoms with Crippen molar-refractivity contribution in [1.82, 2.24) is 9.97 Å². The van der Waals surface area contributed by atoms with Crippen LogP contribution in [0.25, 0.3) is 6.08 Å². The Bertz CT molecular complexity index is 625. The molecule has 0 aliphatic heterocycles. The molecule has 0 saturated carbocycles. The summed E-state index contributed by atoms with van der Waals surface area (Å²) in [6, 6.07) is 2.06. The van der Waals surface area contributed by atoms with E-state index in [4.69, 9.17) is 5.11 Å². The molecule has 5 nitrogen and oxygen atoms in total. The van der Waals surface area contributed by atoms with Crippen molar-refractivity contribution in [2.24, 2.45) is 0 Å². The maximum absolute atomic E-state index is 10.4. The van der Waals surface area contributed by atoms with Gasteiger partial charge in [0, 0.05) is 45.8 Å². The molecule has 0 aliphatic rings. The number of carbonyl (C=O) groups is 1. The molecule has 104 valence electrons. The molecule has 7 heteroatoms. The van der Waals surface area contributed by atoms with E-state index < -0.39 is 5.97 Å². The molecule has 2 aromatic heterocycles. The Hall–Kier alpha value is -1.73. The molecular formula is C13H12BrN3O2S. The first-order valence-corrected chi connectivity index (χ1v) is 7.39. The first-order chi connectivity index (χ1) is 9.54. The largest absolute Gasteiger partial charge is 0.478 e. The smallest absolute Gasteiger partial charge is 0.328 e. The third-order valence-electron chi connectivity index (χ3n) is 2.43. The molecule has 2 aromatic rings. The first kappa shape index (κ1) is 14.7. The summed E-state index contributed by atoms with van der Waals surface area (Å²) in [7, 11) is 1.91. The normalized spacial score (nSPS) is 10.9. The second kappa shape index (κ2) is 6.62. The van der Waals surface area contributed by atoms with E-state index >= 15 is 0 Å². The molecular weight excluding hydrogens is 342 g/mol. The summed E-state index contributed by atoms with van der Waals surface area (Å²) in [4.78, 5) is 22.0. The lowest BCUT2D eigenvalue weighted by Crippen LogP contribution is -2.18. The summed E-state index contributed by atoms with van der Waals surface area (Å²) in [5.41, 5.74) is 0.656. The van der Waals surface area contributed by atoms with E-state index in [0.717, 1.165) is 17.1 Å². The van der Waals surface area contributed by atoms with Crippen LogP contribution in [0.5, 0.6) is 0 Å². The number of hydrogen-bond donors (Lipinski definition) is 1. The van der Waals surface area contributed by atoms with Gasteiger partial charge in [0.1, 0.15) is 0 Å². The number of halogens is 1. The highest BCUT2D eigenvalue weighted by Crippen LogP contribution is 2.21. The molecule has 0 radical (unpaired) electrons. The highest BCUT2D eigenvalue weighted by atomic mass is 79.9. The minimum absolute atomic E-state index is 0.599. The van der Waals surface area contributed by atoms with Crippen LogP contribution >= 0.6 is 27.3 Å². The van der Waals surface area contributed by atoms with Crippen LogP contribution in [0, 0.1) is 0 Å². The fraction of sp³-hybridized carbons (Fsp3) is 0.154. The molecule has 0 saturated heterocycles. The number of aromatic nitrogens is 2. The molecule has 2 rings (SSSR count). The fourth-order valence-corrected chi connectivity index (χ4v) is 3.03. The summed E-state index contributed by atoms with van der Waals surface area (Å²) in [6.07, 6.45) is 5.72. The van der Waals surface area contributed by atoms with Crippen molar-refractivity contribution in [1.29, 1.82) is 0 Å². The molecule has 1 N–H and O–H groups in total. The zero-order chi connectivity index (χ0) is 14.5. The van der Waals surface area contributed by atoms with Gasteiger partial charge in [-0.3, -0.25) is 0 Å². The van der Waals surface area contributed by atoms with Crippen molar-refractivity contribution in [3.05, 3.63) is 44.8 Å². The van der Waals surface area contributed by atoms with Gasteiger partial charge < -0.3 is 10.0 Å². The number of thiophene rings is 1. The topological polar surface area (TPSA) is 66.3 Å².